The SMILES string of the molecule is N#[S-]1C(=O)C=CC1=O. The van der Waals surface area contributed by atoms with Crippen molar-refractivity contribution in [1.29, 1.82) is 4.61 Å². The lowest BCUT2D eigenvalue weighted by Crippen LogP contribution is -1.99. The molecule has 0 saturated carbocycles. The topological polar surface area (TPSA) is 57.9 Å². The number of hydrogen-bond donors (Lipinski definition) is 0. The van der Waals surface area contributed by atoms with Gasteiger partial charge in [-0.15, -0.1) is 0 Å². The van der Waals surface area contributed by atoms with Crippen LogP contribution in [0.2, 0.25) is 0 Å². The van der Waals surface area contributed by atoms with Crippen molar-refractivity contribution in [2.45, 2.75) is 0 Å². The van der Waals surface area contributed by atoms with E-state index in [0.717, 1.165) is 12.2 Å². The average molecular weight is 128 g/mol. The Bertz CT molecular complexity index is 222. The second-order valence-electron chi connectivity index (χ2n) is 1.26. The lowest BCUT2D eigenvalue weighted by Gasteiger charge is -1.92. The van der Waals surface area contributed by atoms with Crippen LogP contribution in [0.1, 0.15) is 0 Å². The first-order valence-electron chi connectivity index (χ1n) is 1.91. The van der Waals surface area contributed by atoms with E-state index in [9.17, 15) is 9.59 Å². The Morgan fingerprint density at radius 2 is 1.62 bits per heavy atom. The average Bonchev–Trinajstić information content (AvgIpc) is 1.98. The molecule has 0 amide bonds. The largest absolute Gasteiger partial charge is 0.416 e. The quantitative estimate of drug-likeness (QED) is 0.421. The van der Waals surface area contributed by atoms with E-state index < -0.39 is 20.8 Å². The van der Waals surface area contributed by atoms with E-state index in [1.54, 1.807) is 0 Å². The van der Waals surface area contributed by atoms with E-state index in [1.807, 2.05) is 0 Å². The highest BCUT2D eigenvalue weighted by atomic mass is 32.2. The fraction of sp³-hybridized carbons (Fsp3) is 0. The van der Waals surface area contributed by atoms with E-state index >= 15 is 0 Å². The highest BCUT2D eigenvalue weighted by Gasteiger charge is 2.02. The first-order chi connectivity index (χ1) is 3.72. The molecule has 0 radical (unpaired) electrons. The predicted octanol–water partition coefficient (Wildman–Crippen LogP) is -0.293. The van der Waals surface area contributed by atoms with Gasteiger partial charge in [0.05, 0.1) is 10.2 Å². The van der Waals surface area contributed by atoms with Crippen molar-refractivity contribution < 1.29 is 9.59 Å². The molecule has 0 unspecified atom stereocenters. The summed E-state index contributed by atoms with van der Waals surface area (Å²) >= 11 is 0. The van der Waals surface area contributed by atoms with Gasteiger partial charge in [0, 0.05) is 0 Å². The van der Waals surface area contributed by atoms with Crippen molar-refractivity contribution in [3.05, 3.63) is 12.2 Å². The van der Waals surface area contributed by atoms with Crippen LogP contribution in [0.3, 0.4) is 0 Å². The molecule has 0 aromatic heterocycles. The fourth-order valence-electron chi connectivity index (χ4n) is 0.364. The smallest absolute Gasteiger partial charge is 0.0913 e. The first-order valence-corrected chi connectivity index (χ1v) is 3.09. The third-order valence-electron chi connectivity index (χ3n) is 0.737. The van der Waals surface area contributed by atoms with E-state index in [4.69, 9.17) is 4.61 Å². The maximum atomic E-state index is 10.2. The zero-order valence-electron chi connectivity index (χ0n) is 3.83. The zero-order valence-corrected chi connectivity index (χ0v) is 4.64. The van der Waals surface area contributed by atoms with Gasteiger partial charge in [0.25, 0.3) is 0 Å². The van der Waals surface area contributed by atoms with Gasteiger partial charge in [-0.1, -0.05) is 0 Å². The Morgan fingerprint density at radius 3 is 1.75 bits per heavy atom. The number of carbonyl (C=O) groups excluding carboxylic acids is 2. The van der Waals surface area contributed by atoms with Crippen LogP contribution in [-0.2, 0) is 20.1 Å². The van der Waals surface area contributed by atoms with E-state index in [1.165, 1.54) is 0 Å². The van der Waals surface area contributed by atoms with Gasteiger partial charge in [-0.25, -0.2) is 0 Å². The van der Waals surface area contributed by atoms with Crippen LogP contribution >= 0.6 is 0 Å². The van der Waals surface area contributed by atoms with E-state index in [2.05, 4.69) is 0 Å². The van der Waals surface area contributed by atoms with Crippen LogP contribution in [0.15, 0.2) is 12.2 Å². The molecule has 0 bridgehead atoms. The van der Waals surface area contributed by atoms with Gasteiger partial charge >= 0.3 is 0 Å². The normalized spacial score (nSPS) is 20.4. The molecule has 0 aliphatic carbocycles. The van der Waals surface area contributed by atoms with Gasteiger partial charge in [-0.3, -0.25) is 0 Å². The highest BCUT2D eigenvalue weighted by molar-refractivity contribution is 8.13. The molecule has 3 nitrogen and oxygen atoms in total. The van der Waals surface area contributed by atoms with Crippen LogP contribution in [-0.4, -0.2) is 10.2 Å². The first kappa shape index (κ1) is 5.28. The van der Waals surface area contributed by atoms with Gasteiger partial charge in [0.15, 0.2) is 0 Å². The molecule has 0 atom stereocenters. The van der Waals surface area contributed by atoms with Crippen LogP contribution in [0, 0.1) is 4.61 Å². The fourth-order valence-corrected chi connectivity index (χ4v) is 0.956. The van der Waals surface area contributed by atoms with Gasteiger partial charge in [-0.2, -0.15) is 10.5 Å². The maximum Gasteiger partial charge on any atom is 0.0913 e. The summed E-state index contributed by atoms with van der Waals surface area (Å²) in [6.07, 6.45) is 2.18. The molecule has 1 rings (SSSR count). The number of hydrogen-bond acceptors (Lipinski definition) is 4. The monoisotopic (exact) mass is 128 g/mol. The predicted molar refractivity (Wildman–Crippen MR) is 28.2 cm³/mol. The molecule has 4 heteroatoms. The van der Waals surface area contributed by atoms with Crippen LogP contribution in [0.5, 0.6) is 0 Å². The summed E-state index contributed by atoms with van der Waals surface area (Å²) in [6.45, 7) is 0. The molecule has 0 aromatic rings. The molecule has 0 saturated heterocycles. The molecule has 1 heterocycles. The minimum Gasteiger partial charge on any atom is -0.416 e. The molecule has 0 N–H and O–H groups in total. The number of rotatable bonds is 0. The lowest BCUT2D eigenvalue weighted by atomic mass is 10.6. The number of nitrogens with zero attached hydrogens (tertiary/aromatic N) is 1. The van der Waals surface area contributed by atoms with E-state index in [0.29, 0.717) is 0 Å². The summed E-state index contributed by atoms with van der Waals surface area (Å²) < 4.78 is 8.53. The lowest BCUT2D eigenvalue weighted by molar-refractivity contribution is -0.108. The molecule has 0 spiro atoms. The molecule has 8 heavy (non-hydrogen) atoms. The van der Waals surface area contributed by atoms with Gasteiger partial charge in [0.2, 0.25) is 0 Å². The Hall–Kier alpha value is -0.860. The summed E-state index contributed by atoms with van der Waals surface area (Å²) in [4.78, 5) is 20.5. The Balaban J connectivity index is 3.08. The van der Waals surface area contributed by atoms with Crippen molar-refractivity contribution in [1.82, 2.24) is 0 Å². The molecule has 1 aliphatic heterocycles. The molecule has 0 aromatic carbocycles. The summed E-state index contributed by atoms with van der Waals surface area (Å²) in [7, 11) is -1.65. The standard InChI is InChI=1S/C4H2NO2S/c5-8-3(6)1-2-4(8)7/h1-2H/q-1. The van der Waals surface area contributed by atoms with Gasteiger partial charge in [0.1, 0.15) is 0 Å². The highest BCUT2D eigenvalue weighted by Crippen LogP contribution is 1.97. The van der Waals surface area contributed by atoms with Crippen molar-refractivity contribution in [2.75, 3.05) is 0 Å². The third-order valence-corrected chi connectivity index (χ3v) is 1.77. The zero-order chi connectivity index (χ0) is 6.15. The van der Waals surface area contributed by atoms with Crippen molar-refractivity contribution in [3.8, 4) is 0 Å². The summed E-state index contributed by atoms with van der Waals surface area (Å²) in [5.74, 6) is 0. The van der Waals surface area contributed by atoms with Crippen molar-refractivity contribution in [3.63, 3.8) is 0 Å². The Kier molecular flexibility index (Phi) is 1.04. The van der Waals surface area contributed by atoms with Crippen LogP contribution < -0.4 is 0 Å². The summed E-state index contributed by atoms with van der Waals surface area (Å²) in [6, 6.07) is 0. The second kappa shape index (κ2) is 1.58. The summed E-state index contributed by atoms with van der Waals surface area (Å²) in [5.41, 5.74) is 0. The number of carbonyl (C=O) groups is 2. The van der Waals surface area contributed by atoms with Crippen LogP contribution in [0.25, 0.3) is 0 Å². The van der Waals surface area contributed by atoms with Gasteiger partial charge in [-0.05, 0) is 12.2 Å². The molecule has 42 valence electrons. The molecule has 1 aliphatic rings. The van der Waals surface area contributed by atoms with Crippen molar-refractivity contribution in [2.24, 2.45) is 0 Å². The Labute approximate surface area is 47.9 Å². The summed E-state index contributed by atoms with van der Waals surface area (Å²) in [5, 5.41) is -0.981. The third kappa shape index (κ3) is 0.598. The Morgan fingerprint density at radius 1 is 1.25 bits per heavy atom. The van der Waals surface area contributed by atoms with Crippen molar-refractivity contribution >= 4 is 20.8 Å². The second-order valence-corrected chi connectivity index (χ2v) is 2.63. The minimum absolute atomic E-state index is 0.491. The van der Waals surface area contributed by atoms with E-state index in [-0.39, 0.29) is 0 Å². The molecule has 0 fully saturated rings. The molecular formula is C4H2NO2S-. The molecular weight excluding hydrogens is 126 g/mol. The van der Waals surface area contributed by atoms with Crippen LogP contribution in [0.4, 0.5) is 0 Å². The maximum absolute atomic E-state index is 10.2. The minimum atomic E-state index is -1.65. The van der Waals surface area contributed by atoms with Gasteiger partial charge < -0.3 is 14.2 Å².